The maximum Gasteiger partial charge on any atom is 0.208 e. The maximum absolute atomic E-state index is 8.68. The molecule has 2 aromatic rings. The Morgan fingerprint density at radius 2 is 2.15 bits per heavy atom. The molecule has 0 amide bonds. The van der Waals surface area contributed by atoms with E-state index in [1.165, 1.54) is 4.88 Å². The molecule has 1 N–H and O–H groups in total. The van der Waals surface area contributed by atoms with Crippen molar-refractivity contribution >= 4 is 39.6 Å². The molecule has 0 aliphatic heterocycles. The lowest BCUT2D eigenvalue weighted by Gasteiger charge is -2.03. The Kier molecular flexibility index (Phi) is 5.86. The largest absolute Gasteiger partial charge is 0.395 e. The monoisotopic (exact) mass is 325 g/mol. The molecule has 4 nitrogen and oxygen atoms in total. The zero-order chi connectivity index (χ0) is 14.4. The fourth-order valence-corrected chi connectivity index (χ4v) is 3.99. The molecule has 0 radical (unpaired) electrons. The second kappa shape index (κ2) is 7.64. The van der Waals surface area contributed by atoms with Gasteiger partial charge in [0.1, 0.15) is 0 Å². The van der Waals surface area contributed by atoms with Crippen LogP contribution in [0.15, 0.2) is 16.5 Å². The van der Waals surface area contributed by atoms with E-state index in [9.17, 15) is 0 Å². The van der Waals surface area contributed by atoms with Crippen LogP contribution in [-0.2, 0) is 5.75 Å². The van der Waals surface area contributed by atoms with E-state index >= 15 is 0 Å². The van der Waals surface area contributed by atoms with Crippen LogP contribution in [0.3, 0.4) is 0 Å². The standard InChI is InChI=1S/C13H15N3OS3/c1-16(2)12-14-15-13(20-12)18-9-11-7-6-10(19-11)5-3-4-8-17/h6-7,17H,4,8-9H2,1-2H3. The molecule has 0 unspecified atom stereocenters. The normalized spacial score (nSPS) is 10.2. The molecule has 0 atom stereocenters. The summed E-state index contributed by atoms with van der Waals surface area (Å²) in [5, 5.41) is 17.9. The minimum absolute atomic E-state index is 0.117. The fraction of sp³-hybridized carbons (Fsp3) is 0.385. The zero-order valence-corrected chi connectivity index (χ0v) is 13.7. The molecule has 2 rings (SSSR count). The lowest BCUT2D eigenvalue weighted by atomic mass is 10.4. The summed E-state index contributed by atoms with van der Waals surface area (Å²) in [5.74, 6) is 6.87. The molecule has 7 heteroatoms. The molecule has 0 aliphatic rings. The van der Waals surface area contributed by atoms with Crippen LogP contribution in [0.4, 0.5) is 5.13 Å². The topological polar surface area (TPSA) is 49.2 Å². The first-order chi connectivity index (χ1) is 9.69. The SMILES string of the molecule is CN(C)c1nnc(SCc2ccc(C#CCCO)s2)s1. The van der Waals surface area contributed by atoms with Crippen molar-refractivity contribution in [3.05, 3.63) is 21.9 Å². The van der Waals surface area contributed by atoms with Gasteiger partial charge in [-0.05, 0) is 12.1 Å². The second-order valence-corrected chi connectivity index (χ2v) is 7.42. The maximum atomic E-state index is 8.68. The van der Waals surface area contributed by atoms with E-state index in [0.29, 0.717) is 6.42 Å². The summed E-state index contributed by atoms with van der Waals surface area (Å²) in [6.45, 7) is 0.117. The summed E-state index contributed by atoms with van der Waals surface area (Å²) in [7, 11) is 3.93. The van der Waals surface area contributed by atoms with Crippen molar-refractivity contribution in [2.24, 2.45) is 0 Å². The van der Waals surface area contributed by atoms with Gasteiger partial charge in [0.25, 0.3) is 0 Å². The Labute approximate surface area is 130 Å². The van der Waals surface area contributed by atoms with Crippen molar-refractivity contribution in [2.75, 3.05) is 25.6 Å². The summed E-state index contributed by atoms with van der Waals surface area (Å²) < 4.78 is 0.981. The molecule has 106 valence electrons. The lowest BCUT2D eigenvalue weighted by molar-refractivity contribution is 0.305. The highest BCUT2D eigenvalue weighted by Crippen LogP contribution is 2.31. The molecule has 0 aromatic carbocycles. The Morgan fingerprint density at radius 1 is 1.30 bits per heavy atom. The van der Waals surface area contributed by atoms with Crippen molar-refractivity contribution in [3.8, 4) is 11.8 Å². The highest BCUT2D eigenvalue weighted by molar-refractivity contribution is 8.00. The Bertz CT molecular complexity index is 610. The minimum Gasteiger partial charge on any atom is -0.395 e. The molecule has 0 aliphatic carbocycles. The third-order valence-electron chi connectivity index (χ3n) is 2.23. The summed E-state index contributed by atoms with van der Waals surface area (Å²) in [6, 6.07) is 4.12. The van der Waals surface area contributed by atoms with Gasteiger partial charge in [0.2, 0.25) is 5.13 Å². The van der Waals surface area contributed by atoms with Gasteiger partial charge in [0.05, 0.1) is 11.5 Å². The minimum atomic E-state index is 0.117. The van der Waals surface area contributed by atoms with Crippen LogP contribution in [0.2, 0.25) is 0 Å². The van der Waals surface area contributed by atoms with Crippen LogP contribution in [0.5, 0.6) is 0 Å². The van der Waals surface area contributed by atoms with Gasteiger partial charge in [-0.2, -0.15) is 0 Å². The number of nitrogens with zero attached hydrogens (tertiary/aromatic N) is 3. The van der Waals surface area contributed by atoms with Gasteiger partial charge in [0.15, 0.2) is 4.34 Å². The quantitative estimate of drug-likeness (QED) is 0.676. The van der Waals surface area contributed by atoms with Crippen LogP contribution in [0.25, 0.3) is 0 Å². The lowest BCUT2D eigenvalue weighted by Crippen LogP contribution is -2.07. The van der Waals surface area contributed by atoms with E-state index in [-0.39, 0.29) is 6.61 Å². The molecular formula is C13H15N3OS3. The summed E-state index contributed by atoms with van der Waals surface area (Å²) in [5.41, 5.74) is 0. The smallest absolute Gasteiger partial charge is 0.208 e. The van der Waals surface area contributed by atoms with Gasteiger partial charge in [-0.25, -0.2) is 0 Å². The average Bonchev–Trinajstić information content (AvgIpc) is 3.05. The van der Waals surface area contributed by atoms with E-state index in [1.54, 1.807) is 34.4 Å². The Morgan fingerprint density at radius 3 is 2.85 bits per heavy atom. The Hall–Kier alpha value is -1.07. The third-order valence-corrected chi connectivity index (χ3v) is 5.68. The number of aliphatic hydroxyl groups is 1. The molecule has 0 saturated carbocycles. The predicted octanol–water partition coefficient (Wildman–Crippen LogP) is 2.69. The number of hydrogen-bond donors (Lipinski definition) is 1. The molecule has 0 bridgehead atoms. The van der Waals surface area contributed by atoms with Crippen LogP contribution < -0.4 is 4.90 Å². The number of thioether (sulfide) groups is 1. The number of aromatic nitrogens is 2. The average molecular weight is 325 g/mol. The van der Waals surface area contributed by atoms with E-state index in [2.05, 4.69) is 28.1 Å². The highest BCUT2D eigenvalue weighted by Gasteiger charge is 2.07. The van der Waals surface area contributed by atoms with Crippen LogP contribution >= 0.6 is 34.4 Å². The molecule has 0 spiro atoms. The van der Waals surface area contributed by atoms with Gasteiger partial charge in [-0.1, -0.05) is 34.9 Å². The first kappa shape index (κ1) is 15.3. The first-order valence-electron chi connectivity index (χ1n) is 6.01. The highest BCUT2D eigenvalue weighted by atomic mass is 32.2. The third kappa shape index (κ3) is 4.49. The van der Waals surface area contributed by atoms with E-state index in [4.69, 9.17) is 5.11 Å². The van der Waals surface area contributed by atoms with Crippen molar-refractivity contribution in [2.45, 2.75) is 16.5 Å². The molecule has 0 saturated heterocycles. The second-order valence-electron chi connectivity index (χ2n) is 4.07. The molecule has 0 fully saturated rings. The summed E-state index contributed by atoms with van der Waals surface area (Å²) >= 11 is 4.98. The van der Waals surface area contributed by atoms with Gasteiger partial charge < -0.3 is 10.0 Å². The van der Waals surface area contributed by atoms with Crippen molar-refractivity contribution in [1.82, 2.24) is 10.2 Å². The van der Waals surface area contributed by atoms with E-state index in [1.807, 2.05) is 25.1 Å². The molecular weight excluding hydrogens is 310 g/mol. The van der Waals surface area contributed by atoms with Crippen LogP contribution in [0, 0.1) is 11.8 Å². The number of hydrogen-bond acceptors (Lipinski definition) is 7. The van der Waals surface area contributed by atoms with E-state index < -0.39 is 0 Å². The van der Waals surface area contributed by atoms with Gasteiger partial charge >= 0.3 is 0 Å². The van der Waals surface area contributed by atoms with Crippen molar-refractivity contribution < 1.29 is 5.11 Å². The number of anilines is 1. The number of thiophene rings is 1. The van der Waals surface area contributed by atoms with Gasteiger partial charge in [-0.3, -0.25) is 0 Å². The van der Waals surface area contributed by atoms with Crippen LogP contribution in [0.1, 0.15) is 16.2 Å². The zero-order valence-electron chi connectivity index (χ0n) is 11.3. The van der Waals surface area contributed by atoms with Gasteiger partial charge in [-0.15, -0.1) is 21.5 Å². The molecule has 20 heavy (non-hydrogen) atoms. The van der Waals surface area contributed by atoms with E-state index in [0.717, 1.165) is 20.1 Å². The summed E-state index contributed by atoms with van der Waals surface area (Å²) in [6.07, 6.45) is 0.528. The Balaban J connectivity index is 1.89. The molecule has 2 heterocycles. The number of rotatable bonds is 5. The number of aliphatic hydroxyl groups excluding tert-OH is 1. The summed E-state index contributed by atoms with van der Waals surface area (Å²) in [4.78, 5) is 4.27. The fourth-order valence-electron chi connectivity index (χ4n) is 1.30. The van der Waals surface area contributed by atoms with Crippen molar-refractivity contribution in [3.63, 3.8) is 0 Å². The van der Waals surface area contributed by atoms with Gasteiger partial charge in [0, 0.05) is 31.1 Å². The predicted molar refractivity (Wildman–Crippen MR) is 86.7 cm³/mol. The first-order valence-corrected chi connectivity index (χ1v) is 8.63. The van der Waals surface area contributed by atoms with Crippen molar-refractivity contribution in [1.29, 1.82) is 0 Å². The molecule has 2 aromatic heterocycles. The van der Waals surface area contributed by atoms with Crippen LogP contribution in [-0.4, -0.2) is 36.0 Å².